The van der Waals surface area contributed by atoms with Crippen LogP contribution in [0.1, 0.15) is 43.2 Å². The minimum Gasteiger partial charge on any atom is -0.303 e. The van der Waals surface area contributed by atoms with Gasteiger partial charge in [0.05, 0.1) is 0 Å². The van der Waals surface area contributed by atoms with Gasteiger partial charge in [-0.2, -0.15) is 0 Å². The summed E-state index contributed by atoms with van der Waals surface area (Å²) in [5.41, 5.74) is 2.98. The molecule has 2 atom stereocenters. The van der Waals surface area contributed by atoms with Gasteiger partial charge >= 0.3 is 0 Å². The molecule has 0 aromatic heterocycles. The van der Waals surface area contributed by atoms with Gasteiger partial charge in [-0.3, -0.25) is 0 Å². The van der Waals surface area contributed by atoms with E-state index in [9.17, 15) is 4.79 Å². The molecule has 0 fully saturated rings. The average Bonchev–Trinajstić information content (AvgIpc) is 2.28. The number of carbonyl (C=O) groups excluding carboxylic acids is 1. The van der Waals surface area contributed by atoms with Crippen LogP contribution in [-0.2, 0) is 11.2 Å². The summed E-state index contributed by atoms with van der Waals surface area (Å²) in [5, 5.41) is 0. The van der Waals surface area contributed by atoms with E-state index >= 15 is 0 Å². The van der Waals surface area contributed by atoms with Gasteiger partial charge in [0.2, 0.25) is 0 Å². The van der Waals surface area contributed by atoms with Crippen LogP contribution in [-0.4, -0.2) is 6.29 Å². The number of carbonyl (C=O) groups is 1. The Morgan fingerprint density at radius 3 is 3.07 bits per heavy atom. The van der Waals surface area contributed by atoms with E-state index in [1.165, 1.54) is 30.4 Å². The third kappa shape index (κ3) is 2.11. The van der Waals surface area contributed by atoms with E-state index in [1.54, 1.807) is 0 Å². The topological polar surface area (TPSA) is 17.1 Å². The van der Waals surface area contributed by atoms with E-state index < -0.39 is 0 Å². The summed E-state index contributed by atoms with van der Waals surface area (Å²) in [6.45, 7) is 2.20. The first-order valence-corrected chi connectivity index (χ1v) is 5.84. The lowest BCUT2D eigenvalue weighted by Gasteiger charge is -2.29. The zero-order valence-corrected chi connectivity index (χ0v) is 9.28. The van der Waals surface area contributed by atoms with Crippen molar-refractivity contribution in [1.29, 1.82) is 0 Å². The lowest BCUT2D eigenvalue weighted by atomic mass is 9.75. The van der Waals surface area contributed by atoms with Gasteiger partial charge in [-0.15, -0.1) is 0 Å². The highest BCUT2D eigenvalue weighted by Crippen LogP contribution is 2.37. The summed E-state index contributed by atoms with van der Waals surface area (Å²) in [4.78, 5) is 10.6. The Kier molecular flexibility index (Phi) is 3.20. The second-order valence-corrected chi connectivity index (χ2v) is 4.58. The Bertz CT molecular complexity index is 343. The molecule has 1 aromatic carbocycles. The van der Waals surface area contributed by atoms with Crippen LogP contribution < -0.4 is 0 Å². The first kappa shape index (κ1) is 10.4. The van der Waals surface area contributed by atoms with Crippen molar-refractivity contribution in [2.45, 2.75) is 38.5 Å². The van der Waals surface area contributed by atoms with E-state index in [2.05, 4.69) is 31.2 Å². The first-order valence-electron chi connectivity index (χ1n) is 5.84. The van der Waals surface area contributed by atoms with Gasteiger partial charge in [0, 0.05) is 6.42 Å². The number of hydrogen-bond donors (Lipinski definition) is 0. The van der Waals surface area contributed by atoms with Gasteiger partial charge in [0.1, 0.15) is 6.29 Å². The SMILES string of the molecule is CC(CC=O)C1CCCc2ccccc21. The number of aldehydes is 1. The van der Waals surface area contributed by atoms with Gasteiger partial charge in [-0.1, -0.05) is 31.2 Å². The Balaban J connectivity index is 2.25. The quantitative estimate of drug-likeness (QED) is 0.687. The van der Waals surface area contributed by atoms with Crippen LogP contribution in [0.4, 0.5) is 0 Å². The van der Waals surface area contributed by atoms with Gasteiger partial charge in [-0.05, 0) is 42.2 Å². The maximum atomic E-state index is 10.6. The number of aryl methyl sites for hydroxylation is 1. The van der Waals surface area contributed by atoms with E-state index in [0.717, 1.165) is 6.29 Å². The summed E-state index contributed by atoms with van der Waals surface area (Å²) in [5.74, 6) is 1.09. The Labute approximate surface area is 91.5 Å². The molecule has 0 spiro atoms. The standard InChI is InChI=1S/C14H18O/c1-11(9-10-15)13-8-4-6-12-5-2-3-7-14(12)13/h2-3,5,7,10-11,13H,4,6,8-9H2,1H3. The van der Waals surface area contributed by atoms with Crippen LogP contribution in [0.5, 0.6) is 0 Å². The molecule has 0 saturated heterocycles. The summed E-state index contributed by atoms with van der Waals surface area (Å²) >= 11 is 0. The van der Waals surface area contributed by atoms with E-state index in [-0.39, 0.29) is 0 Å². The molecule has 15 heavy (non-hydrogen) atoms. The average molecular weight is 202 g/mol. The molecule has 0 saturated carbocycles. The molecule has 2 rings (SSSR count). The fraction of sp³-hybridized carbons (Fsp3) is 0.500. The highest BCUT2D eigenvalue weighted by Gasteiger charge is 2.24. The molecule has 1 aromatic rings. The van der Waals surface area contributed by atoms with Crippen molar-refractivity contribution >= 4 is 6.29 Å². The highest BCUT2D eigenvalue weighted by atomic mass is 16.1. The van der Waals surface area contributed by atoms with Crippen LogP contribution >= 0.6 is 0 Å². The molecule has 1 aliphatic rings. The van der Waals surface area contributed by atoms with E-state index in [4.69, 9.17) is 0 Å². The number of rotatable bonds is 3. The van der Waals surface area contributed by atoms with Crippen molar-refractivity contribution in [3.05, 3.63) is 35.4 Å². The maximum Gasteiger partial charge on any atom is 0.120 e. The summed E-state index contributed by atoms with van der Waals surface area (Å²) in [6.07, 6.45) is 5.47. The molecule has 0 aliphatic heterocycles. The number of hydrogen-bond acceptors (Lipinski definition) is 1. The highest BCUT2D eigenvalue weighted by molar-refractivity contribution is 5.50. The number of benzene rings is 1. The molecular weight excluding hydrogens is 184 g/mol. The molecule has 0 amide bonds. The maximum absolute atomic E-state index is 10.6. The van der Waals surface area contributed by atoms with Crippen molar-refractivity contribution in [1.82, 2.24) is 0 Å². The largest absolute Gasteiger partial charge is 0.303 e. The molecular formula is C14H18O. The van der Waals surface area contributed by atoms with Gasteiger partial charge in [-0.25, -0.2) is 0 Å². The Morgan fingerprint density at radius 1 is 1.47 bits per heavy atom. The fourth-order valence-electron chi connectivity index (χ4n) is 2.70. The molecule has 0 heterocycles. The zero-order valence-electron chi connectivity index (χ0n) is 9.28. The predicted octanol–water partition coefficient (Wildman–Crippen LogP) is 3.33. The van der Waals surface area contributed by atoms with Crippen LogP contribution in [0.15, 0.2) is 24.3 Å². The molecule has 2 unspecified atom stereocenters. The van der Waals surface area contributed by atoms with Crippen molar-refractivity contribution < 1.29 is 4.79 Å². The molecule has 1 heteroatoms. The number of fused-ring (bicyclic) bond motifs is 1. The third-order valence-corrected chi connectivity index (χ3v) is 3.57. The van der Waals surface area contributed by atoms with Crippen molar-refractivity contribution in [2.75, 3.05) is 0 Å². The van der Waals surface area contributed by atoms with Crippen LogP contribution in [0.2, 0.25) is 0 Å². The van der Waals surface area contributed by atoms with E-state index in [1.807, 2.05) is 0 Å². The minimum absolute atomic E-state index is 0.490. The monoisotopic (exact) mass is 202 g/mol. The second kappa shape index (κ2) is 4.61. The third-order valence-electron chi connectivity index (χ3n) is 3.57. The molecule has 1 aliphatic carbocycles. The van der Waals surface area contributed by atoms with Gasteiger partial charge in [0.15, 0.2) is 0 Å². The molecule has 0 radical (unpaired) electrons. The lowest BCUT2D eigenvalue weighted by molar-refractivity contribution is -0.108. The summed E-state index contributed by atoms with van der Waals surface area (Å²) in [7, 11) is 0. The van der Waals surface area contributed by atoms with Crippen molar-refractivity contribution in [2.24, 2.45) is 5.92 Å². The summed E-state index contributed by atoms with van der Waals surface area (Å²) in [6, 6.07) is 8.70. The lowest BCUT2D eigenvalue weighted by Crippen LogP contribution is -2.16. The Morgan fingerprint density at radius 2 is 2.27 bits per heavy atom. The van der Waals surface area contributed by atoms with Crippen molar-refractivity contribution in [3.8, 4) is 0 Å². The summed E-state index contributed by atoms with van der Waals surface area (Å²) < 4.78 is 0. The zero-order chi connectivity index (χ0) is 10.7. The smallest absolute Gasteiger partial charge is 0.120 e. The second-order valence-electron chi connectivity index (χ2n) is 4.58. The normalized spacial score (nSPS) is 21.8. The first-order chi connectivity index (χ1) is 7.33. The van der Waals surface area contributed by atoms with E-state index in [0.29, 0.717) is 18.3 Å². The fourth-order valence-corrected chi connectivity index (χ4v) is 2.70. The molecule has 1 nitrogen and oxygen atoms in total. The predicted molar refractivity (Wildman–Crippen MR) is 62.0 cm³/mol. The minimum atomic E-state index is 0.490. The van der Waals surface area contributed by atoms with Crippen LogP contribution in [0, 0.1) is 5.92 Å². The van der Waals surface area contributed by atoms with Gasteiger partial charge in [0.25, 0.3) is 0 Å². The van der Waals surface area contributed by atoms with Gasteiger partial charge < -0.3 is 4.79 Å². The van der Waals surface area contributed by atoms with Crippen LogP contribution in [0.25, 0.3) is 0 Å². The molecule has 0 bridgehead atoms. The molecule has 80 valence electrons. The molecule has 0 N–H and O–H groups in total. The Hall–Kier alpha value is -1.11. The van der Waals surface area contributed by atoms with Crippen molar-refractivity contribution in [3.63, 3.8) is 0 Å². The van der Waals surface area contributed by atoms with Crippen LogP contribution in [0.3, 0.4) is 0 Å².